The smallest absolute Gasteiger partial charge is 0.411 e. The molecule has 0 radical (unpaired) electrons. The average Bonchev–Trinajstić information content (AvgIpc) is 3.62. The van der Waals surface area contributed by atoms with Gasteiger partial charge in [0.2, 0.25) is 5.91 Å². The van der Waals surface area contributed by atoms with Crippen LogP contribution in [-0.2, 0) is 9.53 Å². The second-order valence-electron chi connectivity index (χ2n) is 9.67. The van der Waals surface area contributed by atoms with E-state index in [-0.39, 0.29) is 18.0 Å². The normalized spacial score (nSPS) is 23.3. The Morgan fingerprint density at radius 1 is 0.857 bits per heavy atom. The van der Waals surface area contributed by atoms with Gasteiger partial charge in [0, 0.05) is 32.0 Å². The average molecular weight is 479 g/mol. The molecule has 0 spiro atoms. The molecule has 0 N–H and O–H groups in total. The molecule has 0 unspecified atom stereocenters. The number of hydrogen-bond donors (Lipinski definition) is 0. The van der Waals surface area contributed by atoms with E-state index in [0.717, 1.165) is 68.9 Å². The molecule has 7 nitrogen and oxygen atoms in total. The number of fused-ring (bicyclic) bond motifs is 1. The Bertz CT molecular complexity index is 990. The Morgan fingerprint density at radius 3 is 2.34 bits per heavy atom. The van der Waals surface area contributed by atoms with Crippen molar-refractivity contribution < 1.29 is 23.8 Å². The molecule has 2 heterocycles. The minimum absolute atomic E-state index is 0.0637. The van der Waals surface area contributed by atoms with Gasteiger partial charge in [-0.1, -0.05) is 24.6 Å². The van der Waals surface area contributed by atoms with Crippen molar-refractivity contribution in [3.05, 3.63) is 54.6 Å². The molecular formula is C28H34N2O5. The highest BCUT2D eigenvalue weighted by molar-refractivity contribution is 5.78. The lowest BCUT2D eigenvalue weighted by Crippen LogP contribution is -2.45. The number of benzene rings is 2. The van der Waals surface area contributed by atoms with E-state index in [1.165, 1.54) is 0 Å². The maximum atomic E-state index is 13.2. The molecule has 3 fully saturated rings. The monoisotopic (exact) mass is 478 g/mol. The highest BCUT2D eigenvalue weighted by Gasteiger charge is 2.47. The van der Waals surface area contributed by atoms with Crippen LogP contribution in [0.2, 0.25) is 0 Å². The Kier molecular flexibility index (Phi) is 7.40. The quantitative estimate of drug-likeness (QED) is 0.462. The maximum Gasteiger partial charge on any atom is 0.411 e. The van der Waals surface area contributed by atoms with Crippen LogP contribution in [0.1, 0.15) is 51.4 Å². The highest BCUT2D eigenvalue weighted by Crippen LogP contribution is 2.42. The van der Waals surface area contributed by atoms with E-state index in [4.69, 9.17) is 14.2 Å². The number of ether oxygens (including phenoxy) is 3. The molecule has 0 bridgehead atoms. The van der Waals surface area contributed by atoms with Gasteiger partial charge in [-0.15, -0.1) is 0 Å². The number of carbonyl (C=O) groups is 2. The van der Waals surface area contributed by atoms with Crippen LogP contribution in [0.5, 0.6) is 17.2 Å². The van der Waals surface area contributed by atoms with Gasteiger partial charge in [0.15, 0.2) is 6.23 Å². The standard InChI is InChI=1S/C28H34N2O5/c31-26(12-7-19-33-22-13-15-24(16-14-22)34-23-9-2-1-3-10-23)30-25-11-6-8-21(25)20-27(30)35-28(32)29-17-4-5-18-29/h1-3,9-10,13-16,21,25,27H,4-8,11-12,17-20H2/t21-,25-,27-/m0/s1. The summed E-state index contributed by atoms with van der Waals surface area (Å²) in [5.74, 6) is 2.79. The molecule has 35 heavy (non-hydrogen) atoms. The zero-order valence-corrected chi connectivity index (χ0v) is 20.1. The third-order valence-corrected chi connectivity index (χ3v) is 7.29. The van der Waals surface area contributed by atoms with E-state index < -0.39 is 6.23 Å². The molecule has 2 aromatic carbocycles. The van der Waals surface area contributed by atoms with Crippen molar-refractivity contribution in [2.45, 2.75) is 63.6 Å². The first-order chi connectivity index (χ1) is 17.2. The Morgan fingerprint density at radius 2 is 1.57 bits per heavy atom. The molecular weight excluding hydrogens is 444 g/mol. The van der Waals surface area contributed by atoms with Crippen molar-refractivity contribution in [2.75, 3.05) is 19.7 Å². The summed E-state index contributed by atoms with van der Waals surface area (Å²) in [4.78, 5) is 29.4. The number of carbonyl (C=O) groups excluding carboxylic acids is 2. The maximum absolute atomic E-state index is 13.2. The molecule has 2 aromatic rings. The molecule has 186 valence electrons. The van der Waals surface area contributed by atoms with E-state index in [1.54, 1.807) is 4.90 Å². The Hall–Kier alpha value is -3.22. The lowest BCUT2D eigenvalue weighted by atomic mass is 10.0. The zero-order chi connectivity index (χ0) is 24.0. The first-order valence-corrected chi connectivity index (χ1v) is 12.9. The molecule has 2 saturated heterocycles. The van der Waals surface area contributed by atoms with Crippen molar-refractivity contribution in [1.29, 1.82) is 0 Å². The number of nitrogens with zero attached hydrogens (tertiary/aromatic N) is 2. The number of para-hydroxylation sites is 1. The van der Waals surface area contributed by atoms with Crippen LogP contribution >= 0.6 is 0 Å². The number of rotatable bonds is 8. The van der Waals surface area contributed by atoms with Crippen LogP contribution in [-0.4, -0.2) is 53.8 Å². The van der Waals surface area contributed by atoms with Crippen LogP contribution in [0.4, 0.5) is 4.79 Å². The third kappa shape index (κ3) is 5.72. The van der Waals surface area contributed by atoms with Crippen LogP contribution in [0.15, 0.2) is 54.6 Å². The predicted octanol–water partition coefficient (Wildman–Crippen LogP) is 5.60. The fourth-order valence-electron chi connectivity index (χ4n) is 5.56. The molecule has 5 rings (SSSR count). The molecule has 7 heteroatoms. The Balaban J connectivity index is 1.09. The van der Waals surface area contributed by atoms with E-state index in [2.05, 4.69) is 0 Å². The fraction of sp³-hybridized carbons (Fsp3) is 0.500. The summed E-state index contributed by atoms with van der Waals surface area (Å²) < 4.78 is 17.5. The van der Waals surface area contributed by atoms with Gasteiger partial charge in [0.25, 0.3) is 0 Å². The topological polar surface area (TPSA) is 68.3 Å². The van der Waals surface area contributed by atoms with Crippen LogP contribution in [0.25, 0.3) is 0 Å². The second-order valence-corrected chi connectivity index (χ2v) is 9.67. The molecule has 1 saturated carbocycles. The van der Waals surface area contributed by atoms with Gasteiger partial charge in [-0.05, 0) is 74.4 Å². The van der Waals surface area contributed by atoms with Crippen LogP contribution in [0.3, 0.4) is 0 Å². The lowest BCUT2D eigenvalue weighted by Gasteiger charge is -2.30. The van der Waals surface area contributed by atoms with E-state index in [1.807, 2.05) is 59.5 Å². The summed E-state index contributed by atoms with van der Waals surface area (Å²) in [5, 5.41) is 0. The van der Waals surface area contributed by atoms with E-state index in [9.17, 15) is 9.59 Å². The van der Waals surface area contributed by atoms with Crippen molar-refractivity contribution in [3.63, 3.8) is 0 Å². The summed E-state index contributed by atoms with van der Waals surface area (Å²) in [6.45, 7) is 1.96. The zero-order valence-electron chi connectivity index (χ0n) is 20.1. The molecule has 3 aliphatic rings. The van der Waals surface area contributed by atoms with Gasteiger partial charge < -0.3 is 24.0 Å². The van der Waals surface area contributed by atoms with Gasteiger partial charge in [-0.2, -0.15) is 0 Å². The summed E-state index contributed by atoms with van der Waals surface area (Å²) in [6, 6.07) is 17.3. The molecule has 0 aromatic heterocycles. The fourth-order valence-corrected chi connectivity index (χ4v) is 5.56. The largest absolute Gasteiger partial charge is 0.494 e. The Labute approximate surface area is 206 Å². The second kappa shape index (κ2) is 11.0. The minimum atomic E-state index is -0.427. The van der Waals surface area contributed by atoms with Gasteiger partial charge >= 0.3 is 6.09 Å². The lowest BCUT2D eigenvalue weighted by molar-refractivity contribution is -0.141. The van der Waals surface area contributed by atoms with Crippen molar-refractivity contribution in [3.8, 4) is 17.2 Å². The molecule has 2 aliphatic heterocycles. The SMILES string of the molecule is O=C(O[C@H]1C[C@@H]2CCC[C@@H]2N1C(=O)CCCOc1ccc(Oc2ccccc2)cc1)N1CCCC1. The summed E-state index contributed by atoms with van der Waals surface area (Å²) in [6.07, 6.45) is 6.37. The summed E-state index contributed by atoms with van der Waals surface area (Å²) >= 11 is 0. The first-order valence-electron chi connectivity index (χ1n) is 12.9. The van der Waals surface area contributed by atoms with Crippen molar-refractivity contribution in [2.24, 2.45) is 5.92 Å². The summed E-state index contributed by atoms with van der Waals surface area (Å²) in [7, 11) is 0. The van der Waals surface area contributed by atoms with Gasteiger partial charge in [0.05, 0.1) is 6.61 Å². The molecule has 1 aliphatic carbocycles. The summed E-state index contributed by atoms with van der Waals surface area (Å²) in [5.41, 5.74) is 0. The van der Waals surface area contributed by atoms with Crippen molar-refractivity contribution >= 4 is 12.0 Å². The van der Waals surface area contributed by atoms with Gasteiger partial charge in [-0.3, -0.25) is 4.79 Å². The third-order valence-electron chi connectivity index (χ3n) is 7.29. The van der Waals surface area contributed by atoms with E-state index in [0.29, 0.717) is 25.4 Å². The minimum Gasteiger partial charge on any atom is -0.494 e. The number of amides is 2. The van der Waals surface area contributed by atoms with Gasteiger partial charge in [-0.25, -0.2) is 4.79 Å². The number of likely N-dealkylation sites (tertiary alicyclic amines) is 2. The van der Waals surface area contributed by atoms with Gasteiger partial charge in [0.1, 0.15) is 17.2 Å². The molecule has 3 atom stereocenters. The predicted molar refractivity (Wildman–Crippen MR) is 131 cm³/mol. The van der Waals surface area contributed by atoms with Crippen LogP contribution < -0.4 is 9.47 Å². The van der Waals surface area contributed by atoms with Crippen molar-refractivity contribution in [1.82, 2.24) is 9.80 Å². The highest BCUT2D eigenvalue weighted by atomic mass is 16.6. The first kappa shape index (κ1) is 23.5. The molecule has 2 amide bonds. The number of hydrogen-bond acceptors (Lipinski definition) is 5. The van der Waals surface area contributed by atoms with E-state index >= 15 is 0 Å². The van der Waals surface area contributed by atoms with Crippen LogP contribution in [0, 0.1) is 5.92 Å².